The molecule has 2 rings (SSSR count). The standard InChI is InChI=1S/C10H15N3O5/c1-4(15)11-6-2-13-5(3-14)7(16)8(17)9(18)10(13)12-6/h2,5,7-9,14,16-18H,3H2,1H3,(H,11,15)/t5-,7-,8+,9+/m1/s1. The predicted molar refractivity (Wildman–Crippen MR) is 59.6 cm³/mol. The fourth-order valence-corrected chi connectivity index (χ4v) is 2.06. The van der Waals surface area contributed by atoms with Gasteiger partial charge in [-0.25, -0.2) is 4.98 Å². The Bertz CT molecular complexity index is 460. The Hall–Kier alpha value is -1.48. The van der Waals surface area contributed by atoms with E-state index >= 15 is 0 Å². The van der Waals surface area contributed by atoms with Crippen molar-refractivity contribution in [1.82, 2.24) is 9.55 Å². The minimum atomic E-state index is -1.43. The van der Waals surface area contributed by atoms with E-state index in [9.17, 15) is 25.2 Å². The van der Waals surface area contributed by atoms with E-state index in [1.54, 1.807) is 0 Å². The van der Waals surface area contributed by atoms with Crippen molar-refractivity contribution >= 4 is 11.7 Å². The number of nitrogens with one attached hydrogen (secondary N) is 1. The molecule has 0 unspecified atom stereocenters. The van der Waals surface area contributed by atoms with Gasteiger partial charge in [0.15, 0.2) is 5.82 Å². The zero-order valence-corrected chi connectivity index (χ0v) is 9.69. The van der Waals surface area contributed by atoms with E-state index in [0.717, 1.165) is 0 Å². The molecule has 1 aromatic heterocycles. The number of hydrogen-bond donors (Lipinski definition) is 5. The van der Waals surface area contributed by atoms with Crippen LogP contribution in [-0.4, -0.2) is 54.7 Å². The lowest BCUT2D eigenvalue weighted by Gasteiger charge is -2.35. The highest BCUT2D eigenvalue weighted by atomic mass is 16.4. The number of nitrogens with zero attached hydrogens (tertiary/aromatic N) is 2. The SMILES string of the molecule is CC(=O)Nc1cn2c(n1)[C@@H](O)[C@@H](O)[C@H](O)[C@H]2CO. The largest absolute Gasteiger partial charge is 0.394 e. The number of amides is 1. The van der Waals surface area contributed by atoms with Gasteiger partial charge >= 0.3 is 0 Å². The summed E-state index contributed by atoms with van der Waals surface area (Å²) in [4.78, 5) is 14.9. The van der Waals surface area contributed by atoms with Gasteiger partial charge in [0.2, 0.25) is 5.91 Å². The molecule has 1 amide bonds. The monoisotopic (exact) mass is 257 g/mol. The lowest BCUT2D eigenvalue weighted by molar-refractivity contribution is -0.114. The van der Waals surface area contributed by atoms with Crippen molar-refractivity contribution in [2.75, 3.05) is 11.9 Å². The average molecular weight is 257 g/mol. The summed E-state index contributed by atoms with van der Waals surface area (Å²) in [7, 11) is 0. The molecule has 1 aliphatic heterocycles. The summed E-state index contributed by atoms with van der Waals surface area (Å²) in [5.74, 6) is -0.0477. The number of aliphatic hydroxyl groups excluding tert-OH is 4. The van der Waals surface area contributed by atoms with Crippen LogP contribution in [0.5, 0.6) is 0 Å². The van der Waals surface area contributed by atoms with Crippen LogP contribution in [0.25, 0.3) is 0 Å². The molecular formula is C10H15N3O5. The van der Waals surface area contributed by atoms with Crippen LogP contribution in [0.1, 0.15) is 24.9 Å². The van der Waals surface area contributed by atoms with Crippen molar-refractivity contribution in [3.8, 4) is 0 Å². The normalized spacial score (nSPS) is 30.9. The predicted octanol–water partition coefficient (Wildman–Crippen LogP) is -1.86. The summed E-state index contributed by atoms with van der Waals surface area (Å²) in [5, 5.41) is 40.8. The zero-order valence-electron chi connectivity index (χ0n) is 9.69. The van der Waals surface area contributed by atoms with Gasteiger partial charge in [-0.3, -0.25) is 4.79 Å². The Morgan fingerprint density at radius 2 is 2.11 bits per heavy atom. The highest BCUT2D eigenvalue weighted by molar-refractivity contribution is 5.87. The summed E-state index contributed by atoms with van der Waals surface area (Å²) in [6, 6.07) is -0.812. The molecule has 0 radical (unpaired) electrons. The maximum atomic E-state index is 10.9. The molecule has 0 saturated heterocycles. The Kier molecular flexibility index (Phi) is 3.35. The van der Waals surface area contributed by atoms with Crippen LogP contribution >= 0.6 is 0 Å². The fourth-order valence-electron chi connectivity index (χ4n) is 2.06. The molecule has 5 N–H and O–H groups in total. The van der Waals surface area contributed by atoms with E-state index in [2.05, 4.69) is 10.3 Å². The lowest BCUT2D eigenvalue weighted by atomic mass is 9.96. The number of anilines is 1. The summed E-state index contributed by atoms with van der Waals surface area (Å²) < 4.78 is 1.35. The molecular weight excluding hydrogens is 242 g/mol. The molecule has 2 heterocycles. The van der Waals surface area contributed by atoms with Crippen LogP contribution in [0.4, 0.5) is 5.82 Å². The molecule has 1 aliphatic rings. The molecule has 4 atom stereocenters. The van der Waals surface area contributed by atoms with Gasteiger partial charge in [0.25, 0.3) is 0 Å². The Morgan fingerprint density at radius 1 is 1.44 bits per heavy atom. The van der Waals surface area contributed by atoms with E-state index in [4.69, 9.17) is 0 Å². The van der Waals surface area contributed by atoms with E-state index < -0.39 is 31.0 Å². The van der Waals surface area contributed by atoms with Crippen LogP contribution < -0.4 is 5.32 Å². The van der Waals surface area contributed by atoms with Crippen molar-refractivity contribution < 1.29 is 25.2 Å². The second-order valence-electron chi connectivity index (χ2n) is 4.25. The van der Waals surface area contributed by atoms with Gasteiger partial charge in [-0.05, 0) is 0 Å². The second-order valence-corrected chi connectivity index (χ2v) is 4.25. The Morgan fingerprint density at radius 3 is 2.67 bits per heavy atom. The Labute approximate surface area is 103 Å². The fraction of sp³-hybridized carbons (Fsp3) is 0.600. The van der Waals surface area contributed by atoms with Gasteiger partial charge in [-0.2, -0.15) is 0 Å². The number of aromatic nitrogens is 2. The molecule has 0 spiro atoms. The number of fused-ring (bicyclic) bond motifs is 1. The van der Waals surface area contributed by atoms with Crippen LogP contribution in [0, 0.1) is 0 Å². The second kappa shape index (κ2) is 4.65. The maximum Gasteiger partial charge on any atom is 0.222 e. The van der Waals surface area contributed by atoms with Crippen molar-refractivity contribution in [2.24, 2.45) is 0 Å². The quantitative estimate of drug-likeness (QED) is 0.423. The lowest BCUT2D eigenvalue weighted by Crippen LogP contribution is -2.46. The first-order valence-electron chi connectivity index (χ1n) is 5.47. The van der Waals surface area contributed by atoms with Gasteiger partial charge in [0.05, 0.1) is 12.6 Å². The summed E-state index contributed by atoms with van der Waals surface area (Å²) in [5.41, 5.74) is 0. The van der Waals surface area contributed by atoms with E-state index in [1.807, 2.05) is 0 Å². The van der Waals surface area contributed by atoms with Gasteiger partial charge < -0.3 is 30.3 Å². The molecule has 0 bridgehead atoms. The van der Waals surface area contributed by atoms with Gasteiger partial charge in [0.1, 0.15) is 24.1 Å². The smallest absolute Gasteiger partial charge is 0.222 e. The van der Waals surface area contributed by atoms with E-state index in [1.165, 1.54) is 17.7 Å². The molecule has 0 aliphatic carbocycles. The summed E-state index contributed by atoms with van der Waals surface area (Å²) >= 11 is 0. The van der Waals surface area contributed by atoms with E-state index in [0.29, 0.717) is 0 Å². The third-order valence-corrected chi connectivity index (χ3v) is 2.94. The molecule has 1 aromatic rings. The number of aliphatic hydroxyl groups is 4. The van der Waals surface area contributed by atoms with Gasteiger partial charge in [0, 0.05) is 13.1 Å². The van der Waals surface area contributed by atoms with Crippen LogP contribution in [0.15, 0.2) is 6.20 Å². The first kappa shape index (κ1) is 13.0. The summed E-state index contributed by atoms with van der Waals surface area (Å²) in [6.45, 7) is 0.885. The molecule has 100 valence electrons. The number of carbonyl (C=O) groups is 1. The highest BCUT2D eigenvalue weighted by Gasteiger charge is 2.41. The van der Waals surface area contributed by atoms with Crippen molar-refractivity contribution in [2.45, 2.75) is 31.3 Å². The first-order chi connectivity index (χ1) is 8.45. The van der Waals surface area contributed by atoms with Gasteiger partial charge in [-0.15, -0.1) is 0 Å². The van der Waals surface area contributed by atoms with Crippen molar-refractivity contribution in [3.05, 3.63) is 12.0 Å². The molecule has 0 aromatic carbocycles. The zero-order chi connectivity index (χ0) is 13.4. The molecule has 8 heteroatoms. The number of hydrogen-bond acceptors (Lipinski definition) is 6. The minimum Gasteiger partial charge on any atom is -0.394 e. The van der Waals surface area contributed by atoms with Crippen LogP contribution in [0.3, 0.4) is 0 Å². The molecule has 0 fully saturated rings. The maximum absolute atomic E-state index is 10.9. The summed E-state index contributed by atoms with van der Waals surface area (Å²) in [6.07, 6.45) is -2.71. The third kappa shape index (κ3) is 1.99. The Balaban J connectivity index is 2.41. The van der Waals surface area contributed by atoms with Crippen molar-refractivity contribution in [1.29, 1.82) is 0 Å². The minimum absolute atomic E-state index is 0.0931. The number of imidazole rings is 1. The number of carbonyl (C=O) groups excluding carboxylic acids is 1. The van der Waals surface area contributed by atoms with Crippen LogP contribution in [-0.2, 0) is 4.79 Å². The topological polar surface area (TPSA) is 128 Å². The molecule has 8 nitrogen and oxygen atoms in total. The van der Waals surface area contributed by atoms with Gasteiger partial charge in [-0.1, -0.05) is 0 Å². The average Bonchev–Trinajstić information content (AvgIpc) is 2.70. The van der Waals surface area contributed by atoms with Crippen molar-refractivity contribution in [3.63, 3.8) is 0 Å². The number of rotatable bonds is 2. The highest BCUT2D eigenvalue weighted by Crippen LogP contribution is 2.33. The molecule has 18 heavy (non-hydrogen) atoms. The first-order valence-corrected chi connectivity index (χ1v) is 5.47. The van der Waals surface area contributed by atoms with Crippen LogP contribution in [0.2, 0.25) is 0 Å². The van der Waals surface area contributed by atoms with E-state index in [-0.39, 0.29) is 17.5 Å². The third-order valence-electron chi connectivity index (χ3n) is 2.94. The molecule has 0 saturated carbocycles.